The van der Waals surface area contributed by atoms with Gasteiger partial charge in [0.05, 0.1) is 22.0 Å². The molecule has 0 saturated heterocycles. The molecule has 1 amide bonds. The van der Waals surface area contributed by atoms with Gasteiger partial charge in [0.25, 0.3) is 21.5 Å². The number of para-hydroxylation sites is 1. The van der Waals surface area contributed by atoms with Gasteiger partial charge in [-0.1, -0.05) is 18.2 Å². The Morgan fingerprint density at radius 2 is 1.56 bits per heavy atom. The third-order valence-electron chi connectivity index (χ3n) is 6.00. The van der Waals surface area contributed by atoms with E-state index in [-0.39, 0.29) is 16.1 Å². The Morgan fingerprint density at radius 1 is 0.944 bits per heavy atom. The Kier molecular flexibility index (Phi) is 7.09. The Bertz CT molecular complexity index is 1560. The van der Waals surface area contributed by atoms with Crippen molar-refractivity contribution in [3.8, 4) is 5.69 Å². The summed E-state index contributed by atoms with van der Waals surface area (Å²) in [5.74, 6) is -0.467. The highest BCUT2D eigenvalue weighted by molar-refractivity contribution is 7.98. The van der Waals surface area contributed by atoms with Gasteiger partial charge in [0.15, 0.2) is 0 Å². The highest BCUT2D eigenvalue weighted by Gasteiger charge is 2.22. The number of nitrogens with zero attached hydrogens (tertiary/aromatic N) is 3. The molecule has 0 aliphatic heterocycles. The van der Waals surface area contributed by atoms with Crippen LogP contribution in [-0.2, 0) is 17.1 Å². The minimum atomic E-state index is -3.76. The maximum absolute atomic E-state index is 13.1. The molecule has 8 nitrogen and oxygen atoms in total. The lowest BCUT2D eigenvalue weighted by molar-refractivity contribution is 0.102. The standard InChI is InChI=1S/C26H26N4O4S2/c1-18-24(26(32)30(28(18)2)21-8-6-5-7-9-21)27-25(31)19-10-12-20(13-11-19)29(3)36(33,34)23-16-14-22(35-4)15-17-23/h5-17H,1-4H3,(H,27,31). The minimum Gasteiger partial charge on any atom is -0.316 e. The molecule has 0 unspecified atom stereocenters. The first-order valence-electron chi connectivity index (χ1n) is 11.0. The maximum Gasteiger partial charge on any atom is 0.295 e. The Labute approximate surface area is 214 Å². The van der Waals surface area contributed by atoms with E-state index in [9.17, 15) is 18.0 Å². The molecule has 10 heteroatoms. The van der Waals surface area contributed by atoms with Gasteiger partial charge in [0.2, 0.25) is 0 Å². The third kappa shape index (κ3) is 4.69. The van der Waals surface area contributed by atoms with Gasteiger partial charge in [-0.05, 0) is 73.8 Å². The van der Waals surface area contributed by atoms with E-state index in [1.165, 1.54) is 39.9 Å². The van der Waals surface area contributed by atoms with Crippen LogP contribution in [0.1, 0.15) is 16.1 Å². The van der Waals surface area contributed by atoms with Crippen LogP contribution >= 0.6 is 11.8 Å². The summed E-state index contributed by atoms with van der Waals surface area (Å²) in [6.45, 7) is 1.76. The summed E-state index contributed by atoms with van der Waals surface area (Å²) in [7, 11) is -0.548. The molecule has 0 fully saturated rings. The number of carbonyl (C=O) groups excluding carboxylic acids is 1. The number of hydrogen-bond acceptors (Lipinski definition) is 5. The van der Waals surface area contributed by atoms with Crippen molar-refractivity contribution in [1.82, 2.24) is 9.36 Å². The van der Waals surface area contributed by atoms with Crippen LogP contribution in [-0.4, -0.2) is 37.0 Å². The molecule has 186 valence electrons. The fourth-order valence-electron chi connectivity index (χ4n) is 3.77. The van der Waals surface area contributed by atoms with Gasteiger partial charge < -0.3 is 5.32 Å². The van der Waals surface area contributed by atoms with Crippen molar-refractivity contribution in [2.24, 2.45) is 7.05 Å². The van der Waals surface area contributed by atoms with Crippen LogP contribution in [0.4, 0.5) is 11.4 Å². The molecule has 3 aromatic carbocycles. The van der Waals surface area contributed by atoms with Crippen LogP contribution in [0.2, 0.25) is 0 Å². The van der Waals surface area contributed by atoms with Gasteiger partial charge in [0, 0.05) is 24.6 Å². The van der Waals surface area contributed by atoms with Crippen molar-refractivity contribution < 1.29 is 13.2 Å². The normalized spacial score (nSPS) is 11.3. The number of aromatic nitrogens is 2. The molecule has 36 heavy (non-hydrogen) atoms. The van der Waals surface area contributed by atoms with E-state index < -0.39 is 15.9 Å². The van der Waals surface area contributed by atoms with E-state index in [2.05, 4.69) is 5.32 Å². The lowest BCUT2D eigenvalue weighted by Crippen LogP contribution is -2.26. The van der Waals surface area contributed by atoms with Crippen molar-refractivity contribution in [2.45, 2.75) is 16.7 Å². The topological polar surface area (TPSA) is 93.4 Å². The number of thioether (sulfide) groups is 1. The molecule has 1 N–H and O–H groups in total. The minimum absolute atomic E-state index is 0.180. The number of amides is 1. The average molecular weight is 523 g/mol. The first kappa shape index (κ1) is 25.3. The van der Waals surface area contributed by atoms with Crippen LogP contribution in [0, 0.1) is 6.92 Å². The van der Waals surface area contributed by atoms with Gasteiger partial charge in [0.1, 0.15) is 5.69 Å². The van der Waals surface area contributed by atoms with Crippen molar-refractivity contribution in [2.75, 3.05) is 22.9 Å². The predicted molar refractivity (Wildman–Crippen MR) is 144 cm³/mol. The lowest BCUT2D eigenvalue weighted by Gasteiger charge is -2.20. The second kappa shape index (κ2) is 10.1. The number of nitrogens with one attached hydrogen (secondary N) is 1. The molecule has 0 saturated carbocycles. The number of hydrogen-bond donors (Lipinski definition) is 1. The monoisotopic (exact) mass is 522 g/mol. The molecular formula is C26H26N4O4S2. The Morgan fingerprint density at radius 3 is 2.14 bits per heavy atom. The van der Waals surface area contributed by atoms with Crippen LogP contribution in [0.5, 0.6) is 0 Å². The number of anilines is 2. The smallest absolute Gasteiger partial charge is 0.295 e. The predicted octanol–water partition coefficient (Wildman–Crippen LogP) is 4.28. The molecule has 0 aliphatic carbocycles. The van der Waals surface area contributed by atoms with Crippen LogP contribution < -0.4 is 15.2 Å². The average Bonchev–Trinajstić information content (AvgIpc) is 3.11. The van der Waals surface area contributed by atoms with Gasteiger partial charge in [-0.3, -0.25) is 18.6 Å². The molecule has 0 spiro atoms. The van der Waals surface area contributed by atoms with Crippen molar-refractivity contribution in [3.05, 3.63) is 100 Å². The number of sulfonamides is 1. The van der Waals surface area contributed by atoms with Crippen molar-refractivity contribution in [1.29, 1.82) is 0 Å². The lowest BCUT2D eigenvalue weighted by atomic mass is 10.2. The zero-order valence-corrected chi connectivity index (χ0v) is 21.9. The summed E-state index contributed by atoms with van der Waals surface area (Å²) in [6.07, 6.45) is 1.92. The summed E-state index contributed by atoms with van der Waals surface area (Å²) in [5.41, 5.74) is 1.83. The zero-order valence-electron chi connectivity index (χ0n) is 20.3. The summed E-state index contributed by atoms with van der Waals surface area (Å²) in [6, 6.07) is 22.0. The quantitative estimate of drug-likeness (QED) is 0.366. The number of benzene rings is 3. The molecule has 0 radical (unpaired) electrons. The van der Waals surface area contributed by atoms with E-state index in [0.717, 1.165) is 4.90 Å². The molecule has 0 aliphatic rings. The van der Waals surface area contributed by atoms with Gasteiger partial charge in [-0.15, -0.1) is 11.8 Å². The second-order valence-electron chi connectivity index (χ2n) is 8.09. The van der Waals surface area contributed by atoms with E-state index in [1.54, 1.807) is 55.1 Å². The summed E-state index contributed by atoms with van der Waals surface area (Å²) in [4.78, 5) is 27.1. The molecule has 4 rings (SSSR count). The zero-order chi connectivity index (χ0) is 26.0. The van der Waals surface area contributed by atoms with Crippen LogP contribution in [0.25, 0.3) is 5.69 Å². The van der Waals surface area contributed by atoms with Crippen LogP contribution in [0.3, 0.4) is 0 Å². The molecule has 4 aromatic rings. The highest BCUT2D eigenvalue weighted by atomic mass is 32.2. The fourth-order valence-corrected chi connectivity index (χ4v) is 5.37. The van der Waals surface area contributed by atoms with E-state index in [4.69, 9.17) is 0 Å². The van der Waals surface area contributed by atoms with Crippen molar-refractivity contribution >= 4 is 39.1 Å². The number of carbonyl (C=O) groups is 1. The molecule has 1 heterocycles. The SMILES string of the molecule is CSc1ccc(S(=O)(=O)N(C)c2ccc(C(=O)Nc3c(C)n(C)n(-c4ccccc4)c3=O)cc2)cc1. The Hall–Kier alpha value is -3.76. The summed E-state index contributed by atoms with van der Waals surface area (Å²) < 4.78 is 30.4. The number of rotatable bonds is 7. The van der Waals surface area contributed by atoms with E-state index in [0.29, 0.717) is 22.6 Å². The third-order valence-corrected chi connectivity index (χ3v) is 8.55. The molecule has 0 bridgehead atoms. The highest BCUT2D eigenvalue weighted by Crippen LogP contribution is 2.25. The second-order valence-corrected chi connectivity index (χ2v) is 10.9. The van der Waals surface area contributed by atoms with Gasteiger partial charge >= 0.3 is 0 Å². The van der Waals surface area contributed by atoms with E-state index >= 15 is 0 Å². The fraction of sp³-hybridized carbons (Fsp3) is 0.154. The van der Waals surface area contributed by atoms with Crippen molar-refractivity contribution in [3.63, 3.8) is 0 Å². The maximum atomic E-state index is 13.1. The van der Waals surface area contributed by atoms with Crippen LogP contribution in [0.15, 0.2) is 93.4 Å². The molecule has 0 atom stereocenters. The first-order chi connectivity index (χ1) is 17.1. The molecule has 1 aromatic heterocycles. The van der Waals surface area contributed by atoms with Gasteiger partial charge in [-0.25, -0.2) is 13.1 Å². The largest absolute Gasteiger partial charge is 0.316 e. The summed E-state index contributed by atoms with van der Waals surface area (Å²) >= 11 is 1.53. The Balaban J connectivity index is 1.55. The first-order valence-corrected chi connectivity index (χ1v) is 13.7. The molecular weight excluding hydrogens is 496 g/mol. The van der Waals surface area contributed by atoms with Gasteiger partial charge in [-0.2, -0.15) is 0 Å². The summed E-state index contributed by atoms with van der Waals surface area (Å²) in [5, 5.41) is 2.71. The van der Waals surface area contributed by atoms with E-state index in [1.807, 2.05) is 36.6 Å².